The minimum Gasteiger partial charge on any atom is -0.496 e. The van der Waals surface area contributed by atoms with Gasteiger partial charge in [-0.1, -0.05) is 60.7 Å². The van der Waals surface area contributed by atoms with Gasteiger partial charge in [0, 0.05) is 11.1 Å². The molecule has 0 aliphatic carbocycles. The Hall–Kier alpha value is -4.91. The van der Waals surface area contributed by atoms with Gasteiger partial charge in [0.1, 0.15) is 11.5 Å². The maximum absolute atomic E-state index is 14.2. The highest BCUT2D eigenvalue weighted by Gasteiger charge is 2.40. The molecule has 0 N–H and O–H groups in total. The number of carbonyl (C=O) groups excluding carboxylic acids is 3. The second kappa shape index (κ2) is 9.38. The van der Waals surface area contributed by atoms with Gasteiger partial charge in [0.25, 0.3) is 11.8 Å². The molecule has 0 fully saturated rings. The quantitative estimate of drug-likeness (QED) is 0.371. The van der Waals surface area contributed by atoms with Gasteiger partial charge in [-0.3, -0.25) is 9.59 Å². The molecule has 0 unspecified atom stereocenters. The molecule has 0 bridgehead atoms. The van der Waals surface area contributed by atoms with Crippen LogP contribution in [0.15, 0.2) is 97.1 Å². The van der Waals surface area contributed by atoms with E-state index in [1.54, 1.807) is 72.8 Å². The van der Waals surface area contributed by atoms with E-state index >= 15 is 0 Å². The highest BCUT2D eigenvalue weighted by atomic mass is 16.5. The average molecular weight is 479 g/mol. The standard InChI is InChI=1S/C29H22N2O5/c1-35-25-17-9-5-13-21(25)27(32)30-23-15-7-3-11-19(23)20-12-4-8-16-24(20)31(29(30)34)28(33)22-14-6-10-18-26(22)36-2/h3-18H,1-2H3. The molecule has 7 nitrogen and oxygen atoms in total. The first kappa shape index (κ1) is 22.9. The monoisotopic (exact) mass is 478 g/mol. The van der Waals surface area contributed by atoms with Crippen LogP contribution in [-0.2, 0) is 0 Å². The van der Waals surface area contributed by atoms with Crippen LogP contribution < -0.4 is 19.3 Å². The lowest BCUT2D eigenvalue weighted by atomic mass is 10.0. The molecular formula is C29H22N2O5. The Balaban J connectivity index is 1.76. The molecule has 1 aliphatic rings. The fourth-order valence-corrected chi connectivity index (χ4v) is 4.37. The molecule has 4 aromatic rings. The SMILES string of the molecule is COc1ccccc1C(=O)N1C(=O)N(C(=O)c2ccccc2OC)c2ccccc2-c2ccccc21. The first-order valence-electron chi connectivity index (χ1n) is 11.2. The Bertz CT molecular complexity index is 1390. The molecule has 0 spiro atoms. The summed E-state index contributed by atoms with van der Waals surface area (Å²) in [6.45, 7) is 0. The molecule has 4 aromatic carbocycles. The Labute approximate surface area is 208 Å². The van der Waals surface area contributed by atoms with Crippen molar-refractivity contribution >= 4 is 29.2 Å². The molecule has 0 aromatic heterocycles. The van der Waals surface area contributed by atoms with Crippen LogP contribution in [0.25, 0.3) is 11.1 Å². The molecule has 0 radical (unpaired) electrons. The number of hydrogen-bond donors (Lipinski definition) is 0. The molecule has 0 atom stereocenters. The number of nitrogens with zero attached hydrogens (tertiary/aromatic N) is 2. The van der Waals surface area contributed by atoms with Gasteiger partial charge in [-0.25, -0.2) is 14.6 Å². The topological polar surface area (TPSA) is 76.2 Å². The van der Waals surface area contributed by atoms with Crippen LogP contribution in [0, 0.1) is 0 Å². The van der Waals surface area contributed by atoms with Gasteiger partial charge in [0.15, 0.2) is 0 Å². The summed E-state index contributed by atoms with van der Waals surface area (Å²) in [5.41, 5.74) is 2.39. The van der Waals surface area contributed by atoms with Crippen LogP contribution >= 0.6 is 0 Å². The Morgan fingerprint density at radius 1 is 0.556 bits per heavy atom. The second-order valence-electron chi connectivity index (χ2n) is 8.00. The number of urea groups is 1. The van der Waals surface area contributed by atoms with Crippen molar-refractivity contribution in [3.05, 3.63) is 108 Å². The van der Waals surface area contributed by atoms with E-state index in [2.05, 4.69) is 0 Å². The summed E-state index contributed by atoms with van der Waals surface area (Å²) >= 11 is 0. The van der Waals surface area contributed by atoms with Crippen LogP contribution in [0.3, 0.4) is 0 Å². The third-order valence-corrected chi connectivity index (χ3v) is 6.04. The molecule has 1 aliphatic heterocycles. The normalized spacial score (nSPS) is 12.3. The maximum Gasteiger partial charge on any atom is 0.343 e. The number of para-hydroxylation sites is 4. The number of fused-ring (bicyclic) bond motifs is 3. The molecule has 7 heteroatoms. The summed E-state index contributed by atoms with van der Waals surface area (Å²) in [6.07, 6.45) is 0. The second-order valence-corrected chi connectivity index (χ2v) is 8.00. The van der Waals surface area contributed by atoms with Crippen molar-refractivity contribution in [1.82, 2.24) is 0 Å². The van der Waals surface area contributed by atoms with Gasteiger partial charge in [-0.2, -0.15) is 0 Å². The largest absolute Gasteiger partial charge is 0.496 e. The highest BCUT2D eigenvalue weighted by Crippen LogP contribution is 2.43. The van der Waals surface area contributed by atoms with E-state index in [1.807, 2.05) is 24.3 Å². The molecule has 178 valence electrons. The van der Waals surface area contributed by atoms with Gasteiger partial charge >= 0.3 is 6.03 Å². The lowest BCUT2D eigenvalue weighted by Gasteiger charge is -2.27. The van der Waals surface area contributed by atoms with Crippen molar-refractivity contribution in [3.63, 3.8) is 0 Å². The van der Waals surface area contributed by atoms with Gasteiger partial charge in [0.05, 0.1) is 36.7 Å². The fourth-order valence-electron chi connectivity index (χ4n) is 4.37. The highest BCUT2D eigenvalue weighted by molar-refractivity contribution is 6.35. The minimum atomic E-state index is -0.806. The van der Waals surface area contributed by atoms with Gasteiger partial charge < -0.3 is 9.47 Å². The summed E-state index contributed by atoms with van der Waals surface area (Å²) in [5, 5.41) is 0. The molecule has 5 rings (SSSR count). The fraction of sp³-hybridized carbons (Fsp3) is 0.0690. The summed E-state index contributed by atoms with van der Waals surface area (Å²) in [4.78, 5) is 44.2. The number of benzene rings is 4. The predicted octanol–water partition coefficient (Wildman–Crippen LogP) is 5.80. The molecule has 0 saturated heterocycles. The van der Waals surface area contributed by atoms with Crippen molar-refractivity contribution in [2.24, 2.45) is 0 Å². The molecule has 4 amide bonds. The smallest absolute Gasteiger partial charge is 0.343 e. The molecule has 1 heterocycles. The number of carbonyl (C=O) groups is 3. The third kappa shape index (κ3) is 3.67. The first-order valence-corrected chi connectivity index (χ1v) is 11.2. The summed E-state index contributed by atoms with van der Waals surface area (Å²) < 4.78 is 10.8. The minimum absolute atomic E-state index is 0.193. The van der Waals surface area contributed by atoms with Gasteiger partial charge in [-0.15, -0.1) is 0 Å². The van der Waals surface area contributed by atoms with Crippen LogP contribution in [0.4, 0.5) is 16.2 Å². The van der Waals surface area contributed by atoms with E-state index in [1.165, 1.54) is 14.2 Å². The van der Waals surface area contributed by atoms with E-state index in [4.69, 9.17) is 9.47 Å². The number of rotatable bonds is 4. The summed E-state index contributed by atoms with van der Waals surface area (Å²) in [7, 11) is 2.91. The van der Waals surface area contributed by atoms with Crippen molar-refractivity contribution in [2.45, 2.75) is 0 Å². The van der Waals surface area contributed by atoms with Crippen LogP contribution in [0.2, 0.25) is 0 Å². The van der Waals surface area contributed by atoms with Crippen LogP contribution in [0.5, 0.6) is 11.5 Å². The summed E-state index contributed by atoms with van der Waals surface area (Å²) in [5.74, 6) is -0.597. The lowest BCUT2D eigenvalue weighted by Crippen LogP contribution is -2.49. The molecule has 0 saturated carbocycles. The molecule has 36 heavy (non-hydrogen) atoms. The Morgan fingerprint density at radius 3 is 1.33 bits per heavy atom. The zero-order valence-electron chi connectivity index (χ0n) is 19.7. The van der Waals surface area contributed by atoms with Crippen molar-refractivity contribution in [3.8, 4) is 22.6 Å². The van der Waals surface area contributed by atoms with E-state index in [0.29, 0.717) is 34.0 Å². The van der Waals surface area contributed by atoms with E-state index in [-0.39, 0.29) is 11.1 Å². The predicted molar refractivity (Wildman–Crippen MR) is 137 cm³/mol. The van der Waals surface area contributed by atoms with Crippen LogP contribution in [-0.4, -0.2) is 32.1 Å². The lowest BCUT2D eigenvalue weighted by molar-refractivity contribution is 0.0982. The van der Waals surface area contributed by atoms with Crippen molar-refractivity contribution < 1.29 is 23.9 Å². The molecular weight excluding hydrogens is 456 g/mol. The van der Waals surface area contributed by atoms with E-state index in [0.717, 1.165) is 9.80 Å². The third-order valence-electron chi connectivity index (χ3n) is 6.04. The summed E-state index contributed by atoms with van der Waals surface area (Å²) in [6, 6.07) is 26.7. The average Bonchev–Trinajstić information content (AvgIpc) is 3.04. The van der Waals surface area contributed by atoms with Crippen molar-refractivity contribution in [1.29, 1.82) is 0 Å². The Kier molecular flexibility index (Phi) is 5.96. The number of methoxy groups -OCH3 is 2. The zero-order valence-corrected chi connectivity index (χ0v) is 19.7. The zero-order chi connectivity index (χ0) is 25.2. The van der Waals surface area contributed by atoms with E-state index < -0.39 is 17.8 Å². The number of imide groups is 2. The van der Waals surface area contributed by atoms with Crippen LogP contribution in [0.1, 0.15) is 20.7 Å². The first-order chi connectivity index (χ1) is 17.6. The number of anilines is 2. The van der Waals surface area contributed by atoms with E-state index in [9.17, 15) is 14.4 Å². The number of amides is 4. The van der Waals surface area contributed by atoms with Gasteiger partial charge in [0.2, 0.25) is 0 Å². The number of ether oxygens (including phenoxy) is 2. The maximum atomic E-state index is 14.2. The van der Waals surface area contributed by atoms with Crippen molar-refractivity contribution in [2.75, 3.05) is 24.0 Å². The van der Waals surface area contributed by atoms with Gasteiger partial charge in [-0.05, 0) is 36.4 Å². The number of hydrogen-bond acceptors (Lipinski definition) is 5. The Morgan fingerprint density at radius 2 is 0.917 bits per heavy atom.